The Labute approximate surface area is 287 Å². The average molecular weight is 639 g/mol. The minimum Gasteiger partial charge on any atom is -0.396 e. The molecule has 1 aromatic heterocycles. The van der Waals surface area contributed by atoms with Crippen LogP contribution in [0.3, 0.4) is 0 Å². The van der Waals surface area contributed by atoms with Crippen molar-refractivity contribution >= 4 is 72.7 Å². The van der Waals surface area contributed by atoms with E-state index in [0.29, 0.717) is 6.42 Å². The molecule has 0 aliphatic carbocycles. The zero-order valence-electron chi connectivity index (χ0n) is 27.2. The molecule has 0 fully saturated rings. The number of allylic oxidation sites excluding steroid dienone is 3. The van der Waals surface area contributed by atoms with Crippen molar-refractivity contribution in [2.24, 2.45) is 4.99 Å². The van der Waals surface area contributed by atoms with Gasteiger partial charge in [0, 0.05) is 43.9 Å². The summed E-state index contributed by atoms with van der Waals surface area (Å²) in [5.74, 6) is 0. The lowest BCUT2D eigenvalue weighted by Gasteiger charge is -2.14. The first-order valence-corrected chi connectivity index (χ1v) is 16.9. The zero-order valence-corrected chi connectivity index (χ0v) is 28.0. The molecule has 0 unspecified atom stereocenters. The molecule has 7 aromatic rings. The molecular weight excluding hydrogens is 601 g/mol. The SMILES string of the molecule is C=CC=C.C=Cc1sc2c(-c3ccccc3-c3ccccc3CC=Nc3c(N)c4ccccc4c4ccccc34)cccc2c1/C=C\C. The Morgan fingerprint density at radius 1 is 0.625 bits per heavy atom. The smallest absolute Gasteiger partial charge is 0.0939 e. The van der Waals surface area contributed by atoms with E-state index in [-0.39, 0.29) is 0 Å². The Balaban J connectivity index is 0.000000952. The number of nitrogen functional groups attached to an aromatic ring is 1. The molecule has 0 aliphatic rings. The number of hydrogen-bond donors (Lipinski definition) is 1. The summed E-state index contributed by atoms with van der Waals surface area (Å²) in [6.45, 7) is 12.9. The van der Waals surface area contributed by atoms with Crippen LogP contribution in [0.4, 0.5) is 11.4 Å². The van der Waals surface area contributed by atoms with E-state index in [1.54, 1.807) is 23.5 Å². The standard InChI is InChI=1S/C41H32N2S.C4H6/c1-3-14-33-37-24-13-23-36(41(37)44-38(33)4-2)32-20-8-7-17-29(32)28-16-6-5-15-27(28)25-26-43-40-35-22-12-10-19-31(35)30-18-9-11-21-34(30)39(40)42;1-3-4-2/h3-24,26H,2,25,42H2,1H3;3-4H,1-2H2/b14-3-,43-26?;. The summed E-state index contributed by atoms with van der Waals surface area (Å²) >= 11 is 1.81. The first-order valence-electron chi connectivity index (χ1n) is 16.0. The van der Waals surface area contributed by atoms with Gasteiger partial charge in [-0.2, -0.15) is 0 Å². The van der Waals surface area contributed by atoms with E-state index in [9.17, 15) is 0 Å². The Morgan fingerprint density at radius 2 is 1.17 bits per heavy atom. The summed E-state index contributed by atoms with van der Waals surface area (Å²) in [6.07, 6.45) is 12.2. The molecule has 3 heteroatoms. The van der Waals surface area contributed by atoms with Gasteiger partial charge in [0.15, 0.2) is 0 Å². The molecule has 0 bridgehead atoms. The number of nitrogens with zero attached hydrogens (tertiary/aromatic N) is 1. The summed E-state index contributed by atoms with van der Waals surface area (Å²) < 4.78 is 1.28. The number of hydrogen-bond acceptors (Lipinski definition) is 3. The molecule has 0 radical (unpaired) electrons. The van der Waals surface area contributed by atoms with Crippen molar-refractivity contribution in [3.05, 3.63) is 169 Å². The van der Waals surface area contributed by atoms with Gasteiger partial charge in [-0.3, -0.25) is 4.99 Å². The molecule has 0 spiro atoms. The largest absolute Gasteiger partial charge is 0.396 e. The summed E-state index contributed by atoms with van der Waals surface area (Å²) in [4.78, 5) is 6.21. The maximum Gasteiger partial charge on any atom is 0.0939 e. The Kier molecular flexibility index (Phi) is 9.90. The van der Waals surface area contributed by atoms with Crippen LogP contribution in [0, 0.1) is 0 Å². The van der Waals surface area contributed by atoms with Gasteiger partial charge in [0.1, 0.15) is 0 Å². The minimum atomic E-state index is 0.681. The second kappa shape index (κ2) is 14.8. The molecule has 7 rings (SSSR count). The van der Waals surface area contributed by atoms with Crippen LogP contribution in [0.2, 0.25) is 0 Å². The lowest BCUT2D eigenvalue weighted by atomic mass is 9.90. The van der Waals surface area contributed by atoms with Gasteiger partial charge in [-0.15, -0.1) is 11.3 Å². The average Bonchev–Trinajstić information content (AvgIpc) is 3.51. The van der Waals surface area contributed by atoms with E-state index in [1.165, 1.54) is 53.7 Å². The molecule has 0 atom stereocenters. The molecule has 0 amide bonds. The van der Waals surface area contributed by atoms with E-state index in [0.717, 1.165) is 27.5 Å². The third-order valence-corrected chi connectivity index (χ3v) is 9.72. The van der Waals surface area contributed by atoms with Crippen LogP contribution in [0.15, 0.2) is 158 Å². The molecule has 48 heavy (non-hydrogen) atoms. The van der Waals surface area contributed by atoms with Crippen molar-refractivity contribution in [2.75, 3.05) is 5.73 Å². The molecule has 1 heterocycles. The lowest BCUT2D eigenvalue weighted by Crippen LogP contribution is -1.94. The van der Waals surface area contributed by atoms with Gasteiger partial charge >= 0.3 is 0 Å². The summed E-state index contributed by atoms with van der Waals surface area (Å²) in [5.41, 5.74) is 15.6. The van der Waals surface area contributed by atoms with Gasteiger partial charge < -0.3 is 5.73 Å². The monoisotopic (exact) mass is 638 g/mol. The second-order valence-electron chi connectivity index (χ2n) is 11.3. The number of fused-ring (bicyclic) bond motifs is 4. The van der Waals surface area contributed by atoms with Crippen LogP contribution in [-0.4, -0.2) is 6.21 Å². The van der Waals surface area contributed by atoms with Gasteiger partial charge in [-0.1, -0.05) is 165 Å². The highest BCUT2D eigenvalue weighted by Crippen LogP contribution is 2.43. The first kappa shape index (κ1) is 32.2. The van der Waals surface area contributed by atoms with Crippen LogP contribution in [0.25, 0.3) is 66.0 Å². The van der Waals surface area contributed by atoms with E-state index in [1.807, 2.05) is 18.4 Å². The van der Waals surface area contributed by atoms with Crippen LogP contribution in [-0.2, 0) is 6.42 Å². The molecule has 0 saturated heterocycles. The third-order valence-electron chi connectivity index (χ3n) is 8.47. The van der Waals surface area contributed by atoms with Crippen molar-refractivity contribution in [3.8, 4) is 22.3 Å². The van der Waals surface area contributed by atoms with Crippen molar-refractivity contribution in [1.82, 2.24) is 0 Å². The maximum absolute atomic E-state index is 6.73. The fourth-order valence-electron chi connectivity index (χ4n) is 6.30. The summed E-state index contributed by atoms with van der Waals surface area (Å²) in [5, 5.41) is 5.68. The van der Waals surface area contributed by atoms with Gasteiger partial charge in [0.05, 0.1) is 11.4 Å². The van der Waals surface area contributed by atoms with Crippen molar-refractivity contribution in [3.63, 3.8) is 0 Å². The zero-order chi connectivity index (χ0) is 33.5. The molecule has 2 nitrogen and oxygen atoms in total. The second-order valence-corrected chi connectivity index (χ2v) is 12.4. The number of rotatable bonds is 8. The van der Waals surface area contributed by atoms with Gasteiger partial charge in [0.25, 0.3) is 0 Å². The van der Waals surface area contributed by atoms with Crippen LogP contribution in [0.1, 0.15) is 22.9 Å². The van der Waals surface area contributed by atoms with E-state index in [4.69, 9.17) is 10.7 Å². The Hall–Kier alpha value is -5.77. The predicted molar refractivity (Wildman–Crippen MR) is 216 cm³/mol. The highest BCUT2D eigenvalue weighted by molar-refractivity contribution is 7.20. The van der Waals surface area contributed by atoms with E-state index < -0.39 is 0 Å². The Morgan fingerprint density at radius 3 is 1.83 bits per heavy atom. The van der Waals surface area contributed by atoms with Crippen molar-refractivity contribution in [1.29, 1.82) is 0 Å². The van der Waals surface area contributed by atoms with Crippen LogP contribution < -0.4 is 5.73 Å². The van der Waals surface area contributed by atoms with E-state index >= 15 is 0 Å². The fourth-order valence-corrected chi connectivity index (χ4v) is 7.46. The van der Waals surface area contributed by atoms with Gasteiger partial charge in [-0.25, -0.2) is 0 Å². The van der Waals surface area contributed by atoms with E-state index in [2.05, 4.69) is 148 Å². The molecule has 0 saturated carbocycles. The normalized spacial score (nSPS) is 11.3. The number of aliphatic imine (C=N–C) groups is 1. The summed E-state index contributed by atoms with van der Waals surface area (Å²) in [7, 11) is 0. The van der Waals surface area contributed by atoms with Crippen LogP contribution in [0.5, 0.6) is 0 Å². The molecule has 2 N–H and O–H groups in total. The molecule has 0 aliphatic heterocycles. The van der Waals surface area contributed by atoms with Crippen LogP contribution >= 0.6 is 11.3 Å². The maximum atomic E-state index is 6.73. The number of nitrogens with two attached hydrogens (primary N) is 1. The number of thiophene rings is 1. The lowest BCUT2D eigenvalue weighted by molar-refractivity contribution is 1.35. The van der Waals surface area contributed by atoms with Gasteiger partial charge in [0.2, 0.25) is 0 Å². The number of benzene rings is 6. The summed E-state index contributed by atoms with van der Waals surface area (Å²) in [6, 6.07) is 40.7. The van der Waals surface area contributed by atoms with Crippen molar-refractivity contribution in [2.45, 2.75) is 13.3 Å². The first-order chi connectivity index (χ1) is 23.6. The van der Waals surface area contributed by atoms with Gasteiger partial charge in [-0.05, 0) is 45.5 Å². The molecular formula is C45H38N2S. The Bertz CT molecular complexity index is 2350. The minimum absolute atomic E-state index is 0.681. The highest BCUT2D eigenvalue weighted by Gasteiger charge is 2.16. The third kappa shape index (κ3) is 6.16. The predicted octanol–water partition coefficient (Wildman–Crippen LogP) is 13.1. The highest BCUT2D eigenvalue weighted by atomic mass is 32.1. The molecule has 234 valence electrons. The topological polar surface area (TPSA) is 38.4 Å². The fraction of sp³-hybridized carbons (Fsp3) is 0.0444. The van der Waals surface area contributed by atoms with Crippen molar-refractivity contribution < 1.29 is 0 Å². The molecule has 6 aromatic carbocycles. The number of anilines is 1. The quantitative estimate of drug-likeness (QED) is 0.0765.